The molecule has 29 heavy (non-hydrogen) atoms. The summed E-state index contributed by atoms with van der Waals surface area (Å²) < 4.78 is 1.73. The van der Waals surface area contributed by atoms with Gasteiger partial charge in [-0.05, 0) is 19.4 Å². The maximum Gasteiger partial charge on any atom is 0.268 e. The number of rotatable bonds is 4. The second-order valence-electron chi connectivity index (χ2n) is 7.29. The highest BCUT2D eigenvalue weighted by molar-refractivity contribution is 5.92. The average Bonchev–Trinajstić information content (AvgIpc) is 3.20. The predicted octanol–water partition coefficient (Wildman–Crippen LogP) is 2.16. The number of hydrogen-bond donors (Lipinski definition) is 1. The number of carbonyl (C=O) groups is 1. The van der Waals surface area contributed by atoms with Crippen molar-refractivity contribution in [2.24, 2.45) is 7.05 Å². The summed E-state index contributed by atoms with van der Waals surface area (Å²) in [7, 11) is 1.79. The number of pyridine rings is 1. The molecule has 7 heteroatoms. The molecule has 1 N–H and O–H groups in total. The SMILES string of the molecule is Cc1cc(=O)cc(C(=O)NC2CCN(c3nccc(-c4ccccc4)n3)C2)n1C. The van der Waals surface area contributed by atoms with Gasteiger partial charge in [-0.3, -0.25) is 9.59 Å². The van der Waals surface area contributed by atoms with E-state index in [1.165, 1.54) is 12.1 Å². The first-order valence-corrected chi connectivity index (χ1v) is 9.63. The smallest absolute Gasteiger partial charge is 0.268 e. The van der Waals surface area contributed by atoms with Gasteiger partial charge in [0.15, 0.2) is 5.43 Å². The van der Waals surface area contributed by atoms with Crippen molar-refractivity contribution in [2.75, 3.05) is 18.0 Å². The van der Waals surface area contributed by atoms with Crippen LogP contribution in [0.15, 0.2) is 59.5 Å². The molecule has 1 unspecified atom stereocenters. The minimum absolute atomic E-state index is 0.0258. The van der Waals surface area contributed by atoms with E-state index in [4.69, 9.17) is 4.98 Å². The van der Waals surface area contributed by atoms with Gasteiger partial charge in [-0.25, -0.2) is 9.97 Å². The second kappa shape index (κ2) is 7.87. The molecule has 1 aliphatic heterocycles. The lowest BCUT2D eigenvalue weighted by Crippen LogP contribution is -2.39. The van der Waals surface area contributed by atoms with Crippen molar-refractivity contribution in [3.63, 3.8) is 0 Å². The number of nitrogens with one attached hydrogen (secondary N) is 1. The Labute approximate surface area is 169 Å². The standard InChI is InChI=1S/C22H23N5O2/c1-15-12-18(28)13-20(26(15)2)21(29)24-17-9-11-27(14-17)22-23-10-8-19(25-22)16-6-4-3-5-7-16/h3-8,10,12-13,17H,9,11,14H2,1-2H3,(H,24,29). The predicted molar refractivity (Wildman–Crippen MR) is 112 cm³/mol. The summed E-state index contributed by atoms with van der Waals surface area (Å²) in [5.41, 5.74) is 2.88. The fourth-order valence-electron chi connectivity index (χ4n) is 3.57. The number of hydrogen-bond acceptors (Lipinski definition) is 5. The van der Waals surface area contributed by atoms with E-state index in [2.05, 4.69) is 15.2 Å². The highest BCUT2D eigenvalue weighted by Crippen LogP contribution is 2.21. The van der Waals surface area contributed by atoms with E-state index in [0.29, 0.717) is 18.2 Å². The minimum Gasteiger partial charge on any atom is -0.346 e. The number of aryl methyl sites for hydroxylation is 1. The summed E-state index contributed by atoms with van der Waals surface area (Å²) in [6, 6.07) is 14.7. The Morgan fingerprint density at radius 3 is 2.76 bits per heavy atom. The van der Waals surface area contributed by atoms with Crippen molar-refractivity contribution in [3.8, 4) is 11.3 Å². The van der Waals surface area contributed by atoms with Gasteiger partial charge in [-0.1, -0.05) is 30.3 Å². The largest absolute Gasteiger partial charge is 0.346 e. The molecule has 1 amide bonds. The quantitative estimate of drug-likeness (QED) is 0.740. The molecule has 3 aromatic rings. The molecule has 0 bridgehead atoms. The van der Waals surface area contributed by atoms with E-state index in [0.717, 1.165) is 29.9 Å². The summed E-state index contributed by atoms with van der Waals surface area (Å²) in [4.78, 5) is 35.6. The molecule has 4 rings (SSSR count). The van der Waals surface area contributed by atoms with E-state index in [1.807, 2.05) is 43.3 Å². The van der Waals surface area contributed by atoms with Crippen LogP contribution in [0.2, 0.25) is 0 Å². The highest BCUT2D eigenvalue weighted by Gasteiger charge is 2.26. The number of nitrogens with zero attached hydrogens (tertiary/aromatic N) is 4. The van der Waals surface area contributed by atoms with Crippen LogP contribution in [0.25, 0.3) is 11.3 Å². The van der Waals surface area contributed by atoms with Gasteiger partial charge < -0.3 is 14.8 Å². The first kappa shape index (κ1) is 18.9. The van der Waals surface area contributed by atoms with Crippen molar-refractivity contribution in [3.05, 3.63) is 76.3 Å². The molecule has 7 nitrogen and oxygen atoms in total. The Balaban J connectivity index is 1.46. The van der Waals surface area contributed by atoms with E-state index in [-0.39, 0.29) is 17.4 Å². The molecule has 0 saturated carbocycles. The number of carbonyl (C=O) groups excluding carboxylic acids is 1. The van der Waals surface area contributed by atoms with Crippen LogP contribution in [0, 0.1) is 6.92 Å². The second-order valence-corrected chi connectivity index (χ2v) is 7.29. The molecule has 1 aliphatic rings. The van der Waals surface area contributed by atoms with E-state index >= 15 is 0 Å². The molecule has 3 heterocycles. The fourth-order valence-corrected chi connectivity index (χ4v) is 3.57. The Morgan fingerprint density at radius 2 is 1.97 bits per heavy atom. The van der Waals surface area contributed by atoms with E-state index in [9.17, 15) is 9.59 Å². The molecule has 1 atom stereocenters. The Bertz CT molecular complexity index is 1090. The van der Waals surface area contributed by atoms with Crippen LogP contribution < -0.4 is 15.6 Å². The normalized spacial score (nSPS) is 16.1. The van der Waals surface area contributed by atoms with Gasteiger partial charge in [0.05, 0.1) is 5.69 Å². The van der Waals surface area contributed by atoms with Gasteiger partial charge in [0.2, 0.25) is 5.95 Å². The zero-order valence-corrected chi connectivity index (χ0v) is 16.5. The van der Waals surface area contributed by atoms with Gasteiger partial charge in [-0.15, -0.1) is 0 Å². The number of aromatic nitrogens is 3. The molecule has 2 aromatic heterocycles. The van der Waals surface area contributed by atoms with Crippen molar-refractivity contribution in [2.45, 2.75) is 19.4 Å². The van der Waals surface area contributed by atoms with Gasteiger partial charge in [-0.2, -0.15) is 0 Å². The summed E-state index contributed by atoms with van der Waals surface area (Å²) in [5, 5.41) is 3.04. The van der Waals surface area contributed by atoms with Crippen molar-refractivity contribution in [1.82, 2.24) is 19.9 Å². The van der Waals surface area contributed by atoms with Gasteiger partial charge in [0, 0.05) is 55.8 Å². The molecular formula is C22H23N5O2. The zero-order chi connectivity index (χ0) is 20.4. The van der Waals surface area contributed by atoms with Crippen LogP contribution in [-0.2, 0) is 7.05 Å². The Hall–Kier alpha value is -3.48. The Kier molecular flexibility index (Phi) is 5.12. The third kappa shape index (κ3) is 4.03. The van der Waals surface area contributed by atoms with Crippen LogP contribution in [0.4, 0.5) is 5.95 Å². The molecule has 1 saturated heterocycles. The van der Waals surface area contributed by atoms with E-state index in [1.54, 1.807) is 17.8 Å². The van der Waals surface area contributed by atoms with Crippen LogP contribution in [0.1, 0.15) is 22.6 Å². The van der Waals surface area contributed by atoms with Gasteiger partial charge in [0.25, 0.3) is 5.91 Å². The van der Waals surface area contributed by atoms with Gasteiger partial charge in [0.1, 0.15) is 5.69 Å². The van der Waals surface area contributed by atoms with E-state index < -0.39 is 0 Å². The average molecular weight is 389 g/mol. The maximum atomic E-state index is 12.7. The lowest BCUT2D eigenvalue weighted by atomic mass is 10.1. The summed E-state index contributed by atoms with van der Waals surface area (Å²) in [5.74, 6) is 0.421. The monoisotopic (exact) mass is 389 g/mol. The third-order valence-electron chi connectivity index (χ3n) is 5.27. The first-order chi connectivity index (χ1) is 14.0. The van der Waals surface area contributed by atoms with Crippen LogP contribution in [-0.4, -0.2) is 39.6 Å². The molecule has 1 aromatic carbocycles. The highest BCUT2D eigenvalue weighted by atomic mass is 16.2. The van der Waals surface area contributed by atoms with Crippen molar-refractivity contribution < 1.29 is 4.79 Å². The van der Waals surface area contributed by atoms with Crippen LogP contribution >= 0.6 is 0 Å². The molecule has 0 radical (unpaired) electrons. The molecule has 1 fully saturated rings. The number of benzene rings is 1. The lowest BCUT2D eigenvalue weighted by molar-refractivity contribution is 0.0931. The number of amides is 1. The summed E-state index contributed by atoms with van der Waals surface area (Å²) in [6.07, 6.45) is 2.56. The van der Waals surface area contributed by atoms with Crippen molar-refractivity contribution in [1.29, 1.82) is 0 Å². The molecule has 0 aliphatic carbocycles. The topological polar surface area (TPSA) is 80.1 Å². The lowest BCUT2D eigenvalue weighted by Gasteiger charge is -2.18. The number of anilines is 1. The molecule has 148 valence electrons. The maximum absolute atomic E-state index is 12.7. The van der Waals surface area contributed by atoms with Gasteiger partial charge >= 0.3 is 0 Å². The molecular weight excluding hydrogens is 366 g/mol. The zero-order valence-electron chi connectivity index (χ0n) is 16.5. The summed E-state index contributed by atoms with van der Waals surface area (Å²) >= 11 is 0. The van der Waals surface area contributed by atoms with Crippen LogP contribution in [0.3, 0.4) is 0 Å². The Morgan fingerprint density at radius 1 is 1.17 bits per heavy atom. The van der Waals surface area contributed by atoms with Crippen molar-refractivity contribution >= 4 is 11.9 Å². The first-order valence-electron chi connectivity index (χ1n) is 9.63. The fraction of sp³-hybridized carbons (Fsp3) is 0.273. The third-order valence-corrected chi connectivity index (χ3v) is 5.27. The molecule has 0 spiro atoms. The van der Waals surface area contributed by atoms with Crippen LogP contribution in [0.5, 0.6) is 0 Å². The summed E-state index contributed by atoms with van der Waals surface area (Å²) in [6.45, 7) is 3.20. The minimum atomic E-state index is -0.237.